The first-order valence-electron chi connectivity index (χ1n) is 8.22. The van der Waals surface area contributed by atoms with Crippen LogP contribution in [-0.2, 0) is 4.74 Å². The van der Waals surface area contributed by atoms with Gasteiger partial charge >= 0.3 is 5.97 Å². The predicted octanol–water partition coefficient (Wildman–Crippen LogP) is 5.73. The summed E-state index contributed by atoms with van der Waals surface area (Å²) in [5, 5.41) is 30.8. The number of carbonyl (C=O) groups is 1. The first-order chi connectivity index (χ1) is 13.1. The number of hydrogen-bond donors (Lipinski definition) is 3. The lowest BCUT2D eigenvalue weighted by Crippen LogP contribution is -2.07. The Morgan fingerprint density at radius 3 is 2.18 bits per heavy atom. The molecular formula is C20H20Cl2O6. The quantitative estimate of drug-likeness (QED) is 0.540. The van der Waals surface area contributed by atoms with Gasteiger partial charge in [0, 0.05) is 17.2 Å². The average Bonchev–Trinajstić information content (AvgIpc) is 2.67. The maximum absolute atomic E-state index is 12.3. The van der Waals surface area contributed by atoms with Crippen LogP contribution in [0.2, 0.25) is 10.0 Å². The highest BCUT2D eigenvalue weighted by atomic mass is 35.5. The van der Waals surface area contributed by atoms with Crippen molar-refractivity contribution >= 4 is 34.7 Å². The van der Waals surface area contributed by atoms with Gasteiger partial charge < -0.3 is 24.8 Å². The SMILES string of the molecule is C/C=C(\C)c1c(Cl)c(O)c(C)c(O)c1Oc1cc(O)c(Cl)c(C)c1C(=O)OC. The summed E-state index contributed by atoms with van der Waals surface area (Å²) in [5.41, 5.74) is 1.18. The van der Waals surface area contributed by atoms with Gasteiger partial charge in [-0.05, 0) is 38.8 Å². The Bertz CT molecular complexity index is 995. The molecule has 150 valence electrons. The number of allylic oxidation sites excluding steroid dienone is 2. The van der Waals surface area contributed by atoms with E-state index in [1.807, 2.05) is 0 Å². The van der Waals surface area contributed by atoms with E-state index >= 15 is 0 Å². The molecule has 8 heteroatoms. The zero-order valence-corrected chi connectivity index (χ0v) is 17.5. The molecule has 6 nitrogen and oxygen atoms in total. The molecule has 0 atom stereocenters. The topological polar surface area (TPSA) is 96.2 Å². The van der Waals surface area contributed by atoms with Gasteiger partial charge in [0.15, 0.2) is 11.5 Å². The zero-order valence-electron chi connectivity index (χ0n) is 16.0. The normalized spacial score (nSPS) is 11.5. The Morgan fingerprint density at radius 1 is 1.04 bits per heavy atom. The number of carbonyl (C=O) groups excluding carboxylic acids is 1. The average molecular weight is 427 g/mol. The number of methoxy groups -OCH3 is 1. The molecule has 2 aromatic rings. The Morgan fingerprint density at radius 2 is 1.64 bits per heavy atom. The molecule has 0 heterocycles. The van der Waals surface area contributed by atoms with Gasteiger partial charge in [-0.3, -0.25) is 0 Å². The number of benzene rings is 2. The monoisotopic (exact) mass is 426 g/mol. The number of phenols is 3. The van der Waals surface area contributed by atoms with Gasteiger partial charge in [0.2, 0.25) is 0 Å². The predicted molar refractivity (Wildman–Crippen MR) is 108 cm³/mol. The van der Waals surface area contributed by atoms with Crippen molar-refractivity contribution < 1.29 is 29.6 Å². The van der Waals surface area contributed by atoms with Gasteiger partial charge in [-0.25, -0.2) is 4.79 Å². The second-order valence-corrected chi connectivity index (χ2v) is 6.87. The molecule has 0 radical (unpaired) electrons. The maximum Gasteiger partial charge on any atom is 0.341 e. The van der Waals surface area contributed by atoms with Crippen molar-refractivity contribution in [3.05, 3.63) is 44.4 Å². The number of halogens is 2. The molecule has 3 N–H and O–H groups in total. The summed E-state index contributed by atoms with van der Waals surface area (Å²) in [6.45, 7) is 6.45. The molecule has 2 rings (SSSR count). The zero-order chi connectivity index (χ0) is 21.3. The van der Waals surface area contributed by atoms with Crippen LogP contribution >= 0.6 is 23.2 Å². The molecule has 0 saturated heterocycles. The van der Waals surface area contributed by atoms with Gasteiger partial charge in [-0.2, -0.15) is 0 Å². The van der Waals surface area contributed by atoms with Crippen molar-refractivity contribution in [2.75, 3.05) is 7.11 Å². The van der Waals surface area contributed by atoms with Crippen LogP contribution in [0.3, 0.4) is 0 Å². The van der Waals surface area contributed by atoms with Crippen LogP contribution in [0.25, 0.3) is 5.57 Å². The minimum Gasteiger partial charge on any atom is -0.506 e. The number of phenolic OH excluding ortho intramolecular Hbond substituents is 3. The van der Waals surface area contributed by atoms with Gasteiger partial charge in [0.05, 0.1) is 17.2 Å². The summed E-state index contributed by atoms with van der Waals surface area (Å²) in [4.78, 5) is 12.3. The number of esters is 1. The Balaban J connectivity index is 2.85. The highest BCUT2D eigenvalue weighted by Gasteiger charge is 2.27. The van der Waals surface area contributed by atoms with Gasteiger partial charge in [-0.1, -0.05) is 29.3 Å². The van der Waals surface area contributed by atoms with E-state index in [0.29, 0.717) is 5.57 Å². The standard InChI is InChI=1S/C20H20Cl2O6/c1-6-8(2)13-16(22)17(24)10(4)18(25)19(13)28-12-7-11(23)15(21)9(3)14(12)20(26)27-5/h6-7,23-25H,1-5H3/b8-6+. The number of aromatic hydroxyl groups is 3. The van der Waals surface area contributed by atoms with Crippen molar-refractivity contribution in [1.82, 2.24) is 0 Å². The van der Waals surface area contributed by atoms with E-state index in [4.69, 9.17) is 32.7 Å². The first kappa shape index (κ1) is 21.7. The van der Waals surface area contributed by atoms with Crippen molar-refractivity contribution in [2.45, 2.75) is 27.7 Å². The molecule has 0 fully saturated rings. The molecule has 0 aliphatic carbocycles. The first-order valence-corrected chi connectivity index (χ1v) is 8.97. The Kier molecular flexibility index (Phi) is 6.37. The van der Waals surface area contributed by atoms with Crippen LogP contribution in [0.1, 0.15) is 40.9 Å². The molecule has 0 bridgehead atoms. The van der Waals surface area contributed by atoms with Crippen molar-refractivity contribution in [3.63, 3.8) is 0 Å². The summed E-state index contributed by atoms with van der Waals surface area (Å²) in [5.74, 6) is -1.87. The smallest absolute Gasteiger partial charge is 0.341 e. The lowest BCUT2D eigenvalue weighted by Gasteiger charge is -2.20. The van der Waals surface area contributed by atoms with Crippen LogP contribution in [-0.4, -0.2) is 28.4 Å². The van der Waals surface area contributed by atoms with Gasteiger partial charge in [0.25, 0.3) is 0 Å². The van der Waals surface area contributed by atoms with E-state index in [1.165, 1.54) is 21.0 Å². The van der Waals surface area contributed by atoms with E-state index < -0.39 is 5.97 Å². The Labute approximate surface area is 172 Å². The van der Waals surface area contributed by atoms with Crippen molar-refractivity contribution in [1.29, 1.82) is 0 Å². The molecule has 2 aromatic carbocycles. The third-order valence-corrected chi connectivity index (χ3v) is 5.30. The summed E-state index contributed by atoms with van der Waals surface area (Å²) in [7, 11) is 1.20. The summed E-state index contributed by atoms with van der Waals surface area (Å²) < 4.78 is 10.6. The second-order valence-electron chi connectivity index (χ2n) is 6.11. The largest absolute Gasteiger partial charge is 0.506 e. The molecule has 0 saturated carbocycles. The van der Waals surface area contributed by atoms with E-state index in [0.717, 1.165) is 6.07 Å². The summed E-state index contributed by atoms with van der Waals surface area (Å²) in [6.07, 6.45) is 1.72. The maximum atomic E-state index is 12.3. The number of rotatable bonds is 4. The molecule has 0 amide bonds. The van der Waals surface area contributed by atoms with E-state index in [-0.39, 0.29) is 61.0 Å². The number of ether oxygens (including phenoxy) is 2. The molecule has 28 heavy (non-hydrogen) atoms. The Hall–Kier alpha value is -2.57. The van der Waals surface area contributed by atoms with Crippen LogP contribution in [0.5, 0.6) is 28.7 Å². The fourth-order valence-corrected chi connectivity index (χ4v) is 3.20. The third kappa shape index (κ3) is 3.57. The molecule has 0 aromatic heterocycles. The van der Waals surface area contributed by atoms with Crippen LogP contribution < -0.4 is 4.74 Å². The fraction of sp³-hybridized carbons (Fsp3) is 0.250. The molecule has 0 spiro atoms. The molecule has 0 unspecified atom stereocenters. The summed E-state index contributed by atoms with van der Waals surface area (Å²) in [6, 6.07) is 1.14. The highest BCUT2D eigenvalue weighted by molar-refractivity contribution is 6.34. The van der Waals surface area contributed by atoms with Crippen LogP contribution in [0.4, 0.5) is 0 Å². The van der Waals surface area contributed by atoms with E-state index in [1.54, 1.807) is 19.9 Å². The lowest BCUT2D eigenvalue weighted by atomic mass is 10.0. The second kappa shape index (κ2) is 8.20. The molecular weight excluding hydrogens is 407 g/mol. The minimum absolute atomic E-state index is 0.0179. The van der Waals surface area contributed by atoms with Gasteiger partial charge in [-0.15, -0.1) is 0 Å². The lowest BCUT2D eigenvalue weighted by molar-refractivity contribution is 0.0597. The molecule has 0 aliphatic rings. The molecule has 0 aliphatic heterocycles. The van der Waals surface area contributed by atoms with Crippen molar-refractivity contribution in [3.8, 4) is 28.7 Å². The minimum atomic E-state index is -0.736. The third-order valence-electron chi connectivity index (χ3n) is 4.45. The van der Waals surface area contributed by atoms with Gasteiger partial charge in [0.1, 0.15) is 22.8 Å². The summed E-state index contributed by atoms with van der Waals surface area (Å²) >= 11 is 12.3. The number of hydrogen-bond acceptors (Lipinski definition) is 6. The fourth-order valence-electron chi connectivity index (χ4n) is 2.67. The van der Waals surface area contributed by atoms with E-state index in [2.05, 4.69) is 0 Å². The van der Waals surface area contributed by atoms with Crippen molar-refractivity contribution in [2.24, 2.45) is 0 Å². The van der Waals surface area contributed by atoms with E-state index in [9.17, 15) is 20.1 Å². The van der Waals surface area contributed by atoms with Crippen LogP contribution in [0.15, 0.2) is 12.1 Å². The van der Waals surface area contributed by atoms with Crippen LogP contribution in [0, 0.1) is 13.8 Å². The highest BCUT2D eigenvalue weighted by Crippen LogP contribution is 2.50.